The van der Waals surface area contributed by atoms with Crippen molar-refractivity contribution in [2.24, 2.45) is 13.0 Å². The lowest BCUT2D eigenvalue weighted by molar-refractivity contribution is 0.0949. The van der Waals surface area contributed by atoms with Gasteiger partial charge in [0.05, 0.1) is 12.8 Å². The second-order valence-electron chi connectivity index (χ2n) is 9.83. The van der Waals surface area contributed by atoms with E-state index in [-0.39, 0.29) is 5.82 Å². The minimum Gasteiger partial charge on any atom is -0.508 e. The molecule has 0 spiro atoms. The van der Waals surface area contributed by atoms with Crippen LogP contribution in [0.5, 0.6) is 11.5 Å². The Labute approximate surface area is 207 Å². The third kappa shape index (κ3) is 6.41. The van der Waals surface area contributed by atoms with Gasteiger partial charge < -0.3 is 9.84 Å². The third-order valence-electron chi connectivity index (χ3n) is 7.32. The SMILES string of the molecule is COc1ccc(O)c(CN2CCC(C(Cc3ccc(F)cc3)N(C)Cc3cn(C)nc3C)CC2)c1. The van der Waals surface area contributed by atoms with Crippen molar-refractivity contribution in [3.63, 3.8) is 0 Å². The highest BCUT2D eigenvalue weighted by atomic mass is 19.1. The van der Waals surface area contributed by atoms with Crippen molar-refractivity contribution in [1.82, 2.24) is 19.6 Å². The standard InChI is InChI=1S/C28H37FN4O2/c1-20-24(18-32(3)30-20)17-31(2)27(15-21-5-7-25(29)8-6-21)22-11-13-33(14-12-22)19-23-16-26(35-4)9-10-28(23)34/h5-10,16,18,22,27,34H,11-15,17,19H2,1-4H3. The molecule has 1 unspecified atom stereocenters. The van der Waals surface area contributed by atoms with Crippen molar-refractivity contribution in [2.75, 3.05) is 27.2 Å². The highest BCUT2D eigenvalue weighted by molar-refractivity contribution is 5.39. The number of likely N-dealkylation sites (tertiary alicyclic amines) is 1. The molecule has 1 aromatic heterocycles. The second kappa shape index (κ2) is 11.2. The lowest BCUT2D eigenvalue weighted by atomic mass is 9.84. The molecule has 1 N–H and O–H groups in total. The van der Waals surface area contributed by atoms with Crippen LogP contribution in [0.1, 0.15) is 35.2 Å². The molecule has 0 bridgehead atoms. The summed E-state index contributed by atoms with van der Waals surface area (Å²) >= 11 is 0. The monoisotopic (exact) mass is 480 g/mol. The number of aromatic hydroxyl groups is 1. The summed E-state index contributed by atoms with van der Waals surface area (Å²) < 4.78 is 20.7. The Morgan fingerprint density at radius 3 is 2.49 bits per heavy atom. The molecule has 0 saturated carbocycles. The van der Waals surface area contributed by atoms with E-state index in [0.717, 1.165) is 61.5 Å². The van der Waals surface area contributed by atoms with E-state index in [4.69, 9.17) is 4.74 Å². The molecule has 0 amide bonds. The number of likely N-dealkylation sites (N-methyl/N-ethyl adjacent to an activating group) is 1. The molecular formula is C28H37FN4O2. The van der Waals surface area contributed by atoms with E-state index < -0.39 is 0 Å². The molecule has 3 aromatic rings. The van der Waals surface area contributed by atoms with E-state index in [1.165, 1.54) is 5.56 Å². The van der Waals surface area contributed by atoms with Gasteiger partial charge in [-0.25, -0.2) is 4.39 Å². The molecule has 1 atom stereocenters. The number of hydrogen-bond acceptors (Lipinski definition) is 5. The number of phenolic OH excluding ortho intramolecular Hbond substituents is 1. The second-order valence-corrected chi connectivity index (χ2v) is 9.83. The Hall–Kier alpha value is -2.90. The summed E-state index contributed by atoms with van der Waals surface area (Å²) in [7, 11) is 5.80. The van der Waals surface area contributed by atoms with Crippen molar-refractivity contribution < 1.29 is 14.2 Å². The summed E-state index contributed by atoms with van der Waals surface area (Å²) in [4.78, 5) is 4.85. The van der Waals surface area contributed by atoms with Gasteiger partial charge in [-0.2, -0.15) is 5.10 Å². The molecule has 188 valence electrons. The van der Waals surface area contributed by atoms with Gasteiger partial charge >= 0.3 is 0 Å². The minimum atomic E-state index is -0.196. The molecule has 7 heteroatoms. The summed E-state index contributed by atoms with van der Waals surface area (Å²) in [6.45, 7) is 5.55. The maximum atomic E-state index is 13.5. The molecule has 1 saturated heterocycles. The van der Waals surface area contributed by atoms with Crippen LogP contribution in [0.25, 0.3) is 0 Å². The molecule has 2 aromatic carbocycles. The average Bonchev–Trinajstić information content (AvgIpc) is 3.16. The van der Waals surface area contributed by atoms with Crippen molar-refractivity contribution in [2.45, 2.75) is 45.3 Å². The van der Waals surface area contributed by atoms with E-state index in [1.54, 1.807) is 31.4 Å². The lowest BCUT2D eigenvalue weighted by Gasteiger charge is -2.40. The van der Waals surface area contributed by atoms with Crippen LogP contribution in [0.15, 0.2) is 48.7 Å². The maximum absolute atomic E-state index is 13.5. The number of nitrogens with zero attached hydrogens (tertiary/aromatic N) is 4. The van der Waals surface area contributed by atoms with Gasteiger partial charge in [-0.05, 0) is 88.1 Å². The Kier molecular flexibility index (Phi) is 8.08. The fraction of sp³-hybridized carbons (Fsp3) is 0.464. The van der Waals surface area contributed by atoms with Crippen molar-refractivity contribution in [3.05, 3.63) is 76.9 Å². The molecule has 35 heavy (non-hydrogen) atoms. The van der Waals surface area contributed by atoms with Crippen LogP contribution in [-0.4, -0.2) is 58.0 Å². The van der Waals surface area contributed by atoms with Crippen molar-refractivity contribution in [3.8, 4) is 11.5 Å². The van der Waals surface area contributed by atoms with Gasteiger partial charge in [-0.1, -0.05) is 12.1 Å². The van der Waals surface area contributed by atoms with E-state index in [1.807, 2.05) is 29.9 Å². The lowest BCUT2D eigenvalue weighted by Crippen LogP contribution is -2.45. The highest BCUT2D eigenvalue weighted by Crippen LogP contribution is 2.30. The number of methoxy groups -OCH3 is 1. The van der Waals surface area contributed by atoms with Crippen LogP contribution in [-0.2, 0) is 26.6 Å². The zero-order chi connectivity index (χ0) is 24.9. The molecule has 0 radical (unpaired) electrons. The number of rotatable bonds is 9. The maximum Gasteiger partial charge on any atom is 0.123 e. The van der Waals surface area contributed by atoms with Crippen molar-refractivity contribution >= 4 is 0 Å². The summed E-state index contributed by atoms with van der Waals surface area (Å²) in [5.41, 5.74) is 4.36. The fourth-order valence-electron chi connectivity index (χ4n) is 5.29. The predicted molar refractivity (Wildman–Crippen MR) is 136 cm³/mol. The fourth-order valence-corrected chi connectivity index (χ4v) is 5.29. The summed E-state index contributed by atoms with van der Waals surface area (Å²) in [6, 6.07) is 12.7. The number of benzene rings is 2. The van der Waals surface area contributed by atoms with Crippen LogP contribution in [0.4, 0.5) is 4.39 Å². The van der Waals surface area contributed by atoms with Gasteiger partial charge in [0.25, 0.3) is 0 Å². The normalized spacial score (nSPS) is 16.1. The van der Waals surface area contributed by atoms with E-state index in [0.29, 0.717) is 24.3 Å². The number of aromatic nitrogens is 2. The minimum absolute atomic E-state index is 0.196. The predicted octanol–water partition coefficient (Wildman–Crippen LogP) is 4.54. The number of aryl methyl sites for hydroxylation is 2. The van der Waals surface area contributed by atoms with Crippen LogP contribution in [0.3, 0.4) is 0 Å². The number of phenols is 1. The molecule has 0 aliphatic carbocycles. The third-order valence-corrected chi connectivity index (χ3v) is 7.32. The Bertz CT molecular complexity index is 1110. The Balaban J connectivity index is 1.45. The zero-order valence-corrected chi connectivity index (χ0v) is 21.2. The van der Waals surface area contributed by atoms with E-state index in [2.05, 4.69) is 35.1 Å². The molecule has 1 aliphatic rings. The number of halogens is 1. The number of ether oxygens (including phenoxy) is 1. The van der Waals surface area contributed by atoms with Gasteiger partial charge in [0.1, 0.15) is 17.3 Å². The molecule has 6 nitrogen and oxygen atoms in total. The first-order chi connectivity index (χ1) is 16.8. The van der Waals surface area contributed by atoms with Gasteiger partial charge in [0.15, 0.2) is 0 Å². The van der Waals surface area contributed by atoms with Gasteiger partial charge in [0.2, 0.25) is 0 Å². The molecule has 1 aliphatic heterocycles. The summed E-state index contributed by atoms with van der Waals surface area (Å²) in [5, 5.41) is 14.8. The molecule has 2 heterocycles. The van der Waals surface area contributed by atoms with E-state index >= 15 is 0 Å². The van der Waals surface area contributed by atoms with Gasteiger partial charge in [0, 0.05) is 43.5 Å². The smallest absolute Gasteiger partial charge is 0.123 e. The summed E-state index contributed by atoms with van der Waals surface area (Å²) in [6.07, 6.45) is 5.14. The van der Waals surface area contributed by atoms with Crippen LogP contribution in [0.2, 0.25) is 0 Å². The van der Waals surface area contributed by atoms with Crippen LogP contribution in [0, 0.1) is 18.7 Å². The highest BCUT2D eigenvalue weighted by Gasteiger charge is 2.30. The van der Waals surface area contributed by atoms with Crippen LogP contribution >= 0.6 is 0 Å². The van der Waals surface area contributed by atoms with Crippen LogP contribution < -0.4 is 4.74 Å². The largest absolute Gasteiger partial charge is 0.508 e. The van der Waals surface area contributed by atoms with E-state index in [9.17, 15) is 9.50 Å². The number of piperidine rings is 1. The Morgan fingerprint density at radius 2 is 1.86 bits per heavy atom. The molecule has 4 rings (SSSR count). The first-order valence-electron chi connectivity index (χ1n) is 12.3. The van der Waals surface area contributed by atoms with Gasteiger partial charge in [-0.3, -0.25) is 14.5 Å². The quantitative estimate of drug-likeness (QED) is 0.488. The zero-order valence-electron chi connectivity index (χ0n) is 21.2. The average molecular weight is 481 g/mol. The number of hydrogen-bond donors (Lipinski definition) is 1. The molecule has 1 fully saturated rings. The first-order valence-corrected chi connectivity index (χ1v) is 12.3. The Morgan fingerprint density at radius 1 is 1.14 bits per heavy atom. The summed E-state index contributed by atoms with van der Waals surface area (Å²) in [5.74, 6) is 1.41. The van der Waals surface area contributed by atoms with Gasteiger partial charge in [-0.15, -0.1) is 0 Å². The van der Waals surface area contributed by atoms with Crippen molar-refractivity contribution in [1.29, 1.82) is 0 Å². The molecular weight excluding hydrogens is 443 g/mol. The topological polar surface area (TPSA) is 53.8 Å². The first kappa shape index (κ1) is 25.2.